The molecule has 0 heterocycles. The van der Waals surface area contributed by atoms with Gasteiger partial charge in [0.25, 0.3) is 0 Å². The standard InChI is InChI=1S/C18H20BrNO2S/c1-22-16-8-6-14(7-9-16)10-11-20-18(21)13-23-12-15-4-2-3-5-17(15)19/h2-9H,10-13H2,1H3,(H,20,21). The fourth-order valence-corrected chi connectivity index (χ4v) is 3.53. The Hall–Kier alpha value is -1.46. The molecule has 0 saturated carbocycles. The lowest BCUT2D eigenvalue weighted by atomic mass is 10.1. The Morgan fingerprint density at radius 3 is 2.61 bits per heavy atom. The van der Waals surface area contributed by atoms with E-state index < -0.39 is 0 Å². The summed E-state index contributed by atoms with van der Waals surface area (Å²) in [6, 6.07) is 16.0. The van der Waals surface area contributed by atoms with Crippen LogP contribution in [0.3, 0.4) is 0 Å². The van der Waals surface area contributed by atoms with E-state index in [1.165, 1.54) is 11.1 Å². The number of hydrogen-bond acceptors (Lipinski definition) is 3. The van der Waals surface area contributed by atoms with Gasteiger partial charge in [-0.15, -0.1) is 11.8 Å². The summed E-state index contributed by atoms with van der Waals surface area (Å²) in [5, 5.41) is 2.96. The number of ether oxygens (including phenoxy) is 1. The molecule has 1 amide bonds. The molecule has 1 N–H and O–H groups in total. The SMILES string of the molecule is COc1ccc(CCNC(=O)CSCc2ccccc2Br)cc1. The number of benzene rings is 2. The lowest BCUT2D eigenvalue weighted by Crippen LogP contribution is -2.27. The van der Waals surface area contributed by atoms with Crippen LogP contribution in [-0.2, 0) is 17.0 Å². The molecule has 0 unspecified atom stereocenters. The molecule has 3 nitrogen and oxygen atoms in total. The van der Waals surface area contributed by atoms with Crippen molar-refractivity contribution in [3.05, 3.63) is 64.1 Å². The third kappa shape index (κ3) is 6.28. The third-order valence-corrected chi connectivity index (χ3v) is 5.10. The molecular formula is C18H20BrNO2S. The second kappa shape index (κ2) is 9.63. The monoisotopic (exact) mass is 393 g/mol. The van der Waals surface area contributed by atoms with E-state index in [1.54, 1.807) is 18.9 Å². The lowest BCUT2D eigenvalue weighted by molar-refractivity contribution is -0.118. The molecule has 2 rings (SSSR count). The molecule has 0 radical (unpaired) electrons. The molecule has 0 aliphatic heterocycles. The van der Waals surface area contributed by atoms with Crippen LogP contribution in [0.2, 0.25) is 0 Å². The average molecular weight is 394 g/mol. The Labute approximate surface area is 149 Å². The maximum atomic E-state index is 11.8. The number of carbonyl (C=O) groups is 1. The van der Waals surface area contributed by atoms with Crippen LogP contribution >= 0.6 is 27.7 Å². The molecule has 23 heavy (non-hydrogen) atoms. The predicted octanol–water partition coefficient (Wildman–Crippen LogP) is 4.05. The minimum atomic E-state index is 0.0792. The fourth-order valence-electron chi connectivity index (χ4n) is 2.06. The third-order valence-electron chi connectivity index (χ3n) is 3.34. The van der Waals surface area contributed by atoms with Gasteiger partial charge in [0.2, 0.25) is 5.91 Å². The number of rotatable bonds is 8. The van der Waals surface area contributed by atoms with Crippen LogP contribution in [0.15, 0.2) is 53.0 Å². The highest BCUT2D eigenvalue weighted by molar-refractivity contribution is 9.10. The van der Waals surface area contributed by atoms with Crippen LogP contribution in [0.5, 0.6) is 5.75 Å². The molecule has 0 aliphatic carbocycles. The van der Waals surface area contributed by atoms with E-state index >= 15 is 0 Å². The van der Waals surface area contributed by atoms with Crippen molar-refractivity contribution in [2.24, 2.45) is 0 Å². The zero-order valence-electron chi connectivity index (χ0n) is 13.0. The van der Waals surface area contributed by atoms with Gasteiger partial charge in [0.15, 0.2) is 0 Å². The number of halogens is 1. The topological polar surface area (TPSA) is 38.3 Å². The minimum absolute atomic E-state index is 0.0792. The number of hydrogen-bond donors (Lipinski definition) is 1. The van der Waals surface area contributed by atoms with Gasteiger partial charge < -0.3 is 10.1 Å². The van der Waals surface area contributed by atoms with E-state index in [0.717, 1.165) is 22.4 Å². The molecule has 0 bridgehead atoms. The van der Waals surface area contributed by atoms with Crippen LogP contribution in [0.4, 0.5) is 0 Å². The Kier molecular flexibility index (Phi) is 7.49. The summed E-state index contributed by atoms with van der Waals surface area (Å²) >= 11 is 5.14. The Morgan fingerprint density at radius 1 is 1.17 bits per heavy atom. The quantitative estimate of drug-likeness (QED) is 0.734. The van der Waals surface area contributed by atoms with E-state index in [0.29, 0.717) is 12.3 Å². The number of thioether (sulfide) groups is 1. The normalized spacial score (nSPS) is 10.3. The van der Waals surface area contributed by atoms with Crippen molar-refractivity contribution in [3.63, 3.8) is 0 Å². The average Bonchev–Trinajstić information content (AvgIpc) is 2.57. The van der Waals surface area contributed by atoms with Crippen molar-refractivity contribution in [2.75, 3.05) is 19.4 Å². The molecule has 0 saturated heterocycles. The first-order valence-electron chi connectivity index (χ1n) is 7.40. The second-order valence-electron chi connectivity index (χ2n) is 5.03. The first-order chi connectivity index (χ1) is 11.2. The summed E-state index contributed by atoms with van der Waals surface area (Å²) in [7, 11) is 1.65. The first-order valence-corrected chi connectivity index (χ1v) is 9.34. The Balaban J connectivity index is 1.64. The van der Waals surface area contributed by atoms with Crippen molar-refractivity contribution >= 4 is 33.6 Å². The fraction of sp³-hybridized carbons (Fsp3) is 0.278. The second-order valence-corrected chi connectivity index (χ2v) is 6.87. The van der Waals surface area contributed by atoms with E-state index in [-0.39, 0.29) is 5.91 Å². The summed E-state index contributed by atoms with van der Waals surface area (Å²) in [4.78, 5) is 11.8. The Bertz CT molecular complexity index is 631. The van der Waals surface area contributed by atoms with Crippen molar-refractivity contribution in [1.82, 2.24) is 5.32 Å². The highest BCUT2D eigenvalue weighted by atomic mass is 79.9. The van der Waals surface area contributed by atoms with Gasteiger partial charge in [0.05, 0.1) is 12.9 Å². The molecule has 122 valence electrons. The molecule has 5 heteroatoms. The molecule has 2 aromatic carbocycles. The number of carbonyl (C=O) groups excluding carboxylic acids is 1. The molecule has 0 fully saturated rings. The number of amides is 1. The van der Waals surface area contributed by atoms with Gasteiger partial charge in [-0.05, 0) is 35.7 Å². The molecule has 0 spiro atoms. The maximum Gasteiger partial charge on any atom is 0.230 e. The van der Waals surface area contributed by atoms with Gasteiger partial charge >= 0.3 is 0 Å². The van der Waals surface area contributed by atoms with Crippen molar-refractivity contribution in [1.29, 1.82) is 0 Å². The molecular weight excluding hydrogens is 374 g/mol. The zero-order chi connectivity index (χ0) is 16.5. The van der Waals surface area contributed by atoms with Crippen LogP contribution in [0, 0.1) is 0 Å². The van der Waals surface area contributed by atoms with Gasteiger partial charge in [-0.1, -0.05) is 46.3 Å². The largest absolute Gasteiger partial charge is 0.497 e. The van der Waals surface area contributed by atoms with E-state index in [4.69, 9.17) is 4.74 Å². The zero-order valence-corrected chi connectivity index (χ0v) is 15.5. The summed E-state index contributed by atoms with van der Waals surface area (Å²) in [6.45, 7) is 0.654. The summed E-state index contributed by atoms with van der Waals surface area (Å²) in [6.07, 6.45) is 0.824. The van der Waals surface area contributed by atoms with Crippen molar-refractivity contribution in [3.8, 4) is 5.75 Å². The van der Waals surface area contributed by atoms with Crippen LogP contribution in [0.1, 0.15) is 11.1 Å². The number of methoxy groups -OCH3 is 1. The first kappa shape index (κ1) is 17.9. The van der Waals surface area contributed by atoms with Gasteiger partial charge in [0, 0.05) is 16.8 Å². The van der Waals surface area contributed by atoms with Gasteiger partial charge in [-0.2, -0.15) is 0 Å². The van der Waals surface area contributed by atoms with Gasteiger partial charge in [-0.3, -0.25) is 4.79 Å². The summed E-state index contributed by atoms with van der Waals surface area (Å²) in [5.74, 6) is 2.23. The minimum Gasteiger partial charge on any atom is -0.497 e. The Morgan fingerprint density at radius 2 is 1.91 bits per heavy atom. The molecule has 0 atom stereocenters. The highest BCUT2D eigenvalue weighted by Crippen LogP contribution is 2.21. The lowest BCUT2D eigenvalue weighted by Gasteiger charge is -2.07. The molecule has 0 aliphatic rings. The highest BCUT2D eigenvalue weighted by Gasteiger charge is 2.04. The maximum absolute atomic E-state index is 11.8. The smallest absolute Gasteiger partial charge is 0.230 e. The van der Waals surface area contributed by atoms with Crippen LogP contribution < -0.4 is 10.1 Å². The van der Waals surface area contributed by atoms with E-state index in [1.807, 2.05) is 42.5 Å². The van der Waals surface area contributed by atoms with Gasteiger partial charge in [-0.25, -0.2) is 0 Å². The van der Waals surface area contributed by atoms with Crippen molar-refractivity contribution < 1.29 is 9.53 Å². The van der Waals surface area contributed by atoms with Crippen LogP contribution in [0.25, 0.3) is 0 Å². The van der Waals surface area contributed by atoms with E-state index in [2.05, 4.69) is 27.3 Å². The summed E-state index contributed by atoms with van der Waals surface area (Å²) in [5.41, 5.74) is 2.40. The van der Waals surface area contributed by atoms with Crippen molar-refractivity contribution in [2.45, 2.75) is 12.2 Å². The molecule has 2 aromatic rings. The summed E-state index contributed by atoms with van der Waals surface area (Å²) < 4.78 is 6.22. The number of nitrogens with one attached hydrogen (secondary N) is 1. The van der Waals surface area contributed by atoms with Crippen LogP contribution in [-0.4, -0.2) is 25.3 Å². The molecule has 0 aromatic heterocycles. The predicted molar refractivity (Wildman–Crippen MR) is 100 cm³/mol. The van der Waals surface area contributed by atoms with E-state index in [9.17, 15) is 4.79 Å². The van der Waals surface area contributed by atoms with Gasteiger partial charge in [0.1, 0.15) is 5.75 Å².